The van der Waals surface area contributed by atoms with Gasteiger partial charge in [-0.1, -0.05) is 0 Å². The minimum absolute atomic E-state index is 0.616. The molecule has 0 unspecified atom stereocenters. The summed E-state index contributed by atoms with van der Waals surface area (Å²) in [4.78, 5) is 11.5. The molecule has 15 atom stereocenters. The highest BCUT2D eigenvalue weighted by Gasteiger charge is 2.53. The Kier molecular flexibility index (Phi) is 9.97. The van der Waals surface area contributed by atoms with Crippen LogP contribution in [0, 0.1) is 0 Å². The summed E-state index contributed by atoms with van der Waals surface area (Å²) >= 11 is 0. The van der Waals surface area contributed by atoms with Crippen LogP contribution in [0.2, 0.25) is 0 Å². The van der Waals surface area contributed by atoms with Crippen LogP contribution in [0.15, 0.2) is 0 Å². The van der Waals surface area contributed by atoms with Crippen molar-refractivity contribution in [2.75, 3.05) is 13.2 Å². The SMILES string of the molecule is CC(=O)N[C@@H]1[C@@H](O)[C@H](O[C@@H]2O[C@H](CO)[C@H](O)[C@H](O)[C@H]2O[C@@H]2O[C@@H](C)[C@@H](O)[C@@H](O)[C@@H]2O)[C@@H](CO)O[C@@H]1O. The summed E-state index contributed by atoms with van der Waals surface area (Å²) in [6.07, 6.45) is -22.1. The van der Waals surface area contributed by atoms with E-state index < -0.39 is 111 Å². The Morgan fingerprint density at radius 3 is 1.92 bits per heavy atom. The molecule has 0 aromatic carbocycles. The number of aliphatic hydroxyl groups is 9. The van der Waals surface area contributed by atoms with E-state index in [-0.39, 0.29) is 0 Å². The molecule has 3 rings (SSSR count). The quantitative estimate of drug-likeness (QED) is 0.147. The molecular formula is C20H35NO15. The van der Waals surface area contributed by atoms with Crippen molar-refractivity contribution in [1.29, 1.82) is 0 Å². The molecular weight excluding hydrogens is 494 g/mol. The van der Waals surface area contributed by atoms with Gasteiger partial charge in [0.2, 0.25) is 5.91 Å². The second-order valence-corrected chi connectivity index (χ2v) is 9.05. The zero-order valence-corrected chi connectivity index (χ0v) is 19.5. The summed E-state index contributed by atoms with van der Waals surface area (Å²) in [5.74, 6) is -0.616. The first-order valence-corrected chi connectivity index (χ1v) is 11.4. The van der Waals surface area contributed by atoms with Crippen LogP contribution in [-0.2, 0) is 28.5 Å². The van der Waals surface area contributed by atoms with E-state index >= 15 is 0 Å². The van der Waals surface area contributed by atoms with E-state index in [1.54, 1.807) is 0 Å². The average Bonchev–Trinajstić information content (AvgIpc) is 2.84. The molecule has 3 saturated heterocycles. The van der Waals surface area contributed by atoms with Gasteiger partial charge in [-0.25, -0.2) is 0 Å². The highest BCUT2D eigenvalue weighted by molar-refractivity contribution is 5.73. The van der Waals surface area contributed by atoms with Gasteiger partial charge in [-0.2, -0.15) is 0 Å². The van der Waals surface area contributed by atoms with Gasteiger partial charge in [-0.3, -0.25) is 4.79 Å². The van der Waals surface area contributed by atoms with E-state index in [1.165, 1.54) is 6.92 Å². The number of nitrogens with one attached hydrogen (secondary N) is 1. The monoisotopic (exact) mass is 529 g/mol. The number of hydrogen-bond acceptors (Lipinski definition) is 15. The van der Waals surface area contributed by atoms with E-state index in [0.29, 0.717) is 0 Å². The molecule has 0 saturated carbocycles. The topological polar surface area (TPSA) is 257 Å². The molecule has 0 aliphatic carbocycles. The minimum atomic E-state index is -1.82. The standard InChI is InChI=1S/C20H35NO15/c1-5-10(25)13(28)15(30)19(32-5)36-17-14(29)11(26)7(3-22)34-20(17)35-16-8(4-23)33-18(31)9(12(16)27)21-6(2)24/h5,7-20,22-23,25-31H,3-4H2,1-2H3,(H,21,24)/t5-,7+,8+,9+,10+,11-,12+,13+,14-,15-,16+,17+,18-,19-,20-/m0/s1. The molecule has 3 heterocycles. The summed E-state index contributed by atoms with van der Waals surface area (Å²) in [6, 6.07) is -1.39. The van der Waals surface area contributed by atoms with E-state index in [2.05, 4.69) is 5.32 Å². The largest absolute Gasteiger partial charge is 0.394 e. The molecule has 36 heavy (non-hydrogen) atoms. The van der Waals surface area contributed by atoms with Crippen molar-refractivity contribution in [3.63, 3.8) is 0 Å². The molecule has 3 fully saturated rings. The molecule has 16 heteroatoms. The van der Waals surface area contributed by atoms with Crippen LogP contribution in [0.25, 0.3) is 0 Å². The summed E-state index contributed by atoms with van der Waals surface area (Å²) in [5.41, 5.74) is 0. The third-order valence-electron chi connectivity index (χ3n) is 6.46. The smallest absolute Gasteiger partial charge is 0.217 e. The Morgan fingerprint density at radius 2 is 1.33 bits per heavy atom. The van der Waals surface area contributed by atoms with Crippen molar-refractivity contribution in [3.8, 4) is 0 Å². The number of ether oxygens (including phenoxy) is 5. The number of carbonyl (C=O) groups is 1. The fourth-order valence-electron chi connectivity index (χ4n) is 4.39. The molecule has 0 aromatic heterocycles. The predicted molar refractivity (Wildman–Crippen MR) is 111 cm³/mol. The summed E-state index contributed by atoms with van der Waals surface area (Å²) in [7, 11) is 0. The van der Waals surface area contributed by atoms with Gasteiger partial charge in [0.1, 0.15) is 67.1 Å². The maximum absolute atomic E-state index is 11.5. The highest BCUT2D eigenvalue weighted by Crippen LogP contribution is 2.32. The third-order valence-corrected chi connectivity index (χ3v) is 6.46. The Labute approximate surface area is 205 Å². The van der Waals surface area contributed by atoms with Gasteiger partial charge in [0.25, 0.3) is 0 Å². The maximum Gasteiger partial charge on any atom is 0.217 e. The van der Waals surface area contributed by atoms with Gasteiger partial charge < -0.3 is 75.0 Å². The Bertz CT molecular complexity index is 731. The second-order valence-electron chi connectivity index (χ2n) is 9.05. The lowest BCUT2D eigenvalue weighted by Gasteiger charge is -2.48. The first kappa shape index (κ1) is 29.5. The highest BCUT2D eigenvalue weighted by atomic mass is 16.8. The molecule has 10 N–H and O–H groups in total. The van der Waals surface area contributed by atoms with Gasteiger partial charge in [-0.15, -0.1) is 0 Å². The molecule has 16 nitrogen and oxygen atoms in total. The molecule has 210 valence electrons. The number of amides is 1. The molecule has 0 spiro atoms. The van der Waals surface area contributed by atoms with Crippen molar-refractivity contribution in [3.05, 3.63) is 0 Å². The first-order valence-electron chi connectivity index (χ1n) is 11.4. The molecule has 3 aliphatic heterocycles. The van der Waals surface area contributed by atoms with Gasteiger partial charge in [0, 0.05) is 6.92 Å². The van der Waals surface area contributed by atoms with Gasteiger partial charge in [0.15, 0.2) is 18.9 Å². The normalized spacial score (nSPS) is 50.0. The van der Waals surface area contributed by atoms with E-state index in [0.717, 1.165) is 6.92 Å². The Hall–Kier alpha value is -1.09. The van der Waals surface area contributed by atoms with Crippen molar-refractivity contribution in [2.24, 2.45) is 0 Å². The van der Waals surface area contributed by atoms with Crippen LogP contribution < -0.4 is 5.32 Å². The maximum atomic E-state index is 11.5. The zero-order valence-electron chi connectivity index (χ0n) is 19.5. The van der Waals surface area contributed by atoms with E-state index in [9.17, 15) is 50.8 Å². The molecule has 0 bridgehead atoms. The van der Waals surface area contributed by atoms with Crippen molar-refractivity contribution in [1.82, 2.24) is 5.32 Å². The van der Waals surface area contributed by atoms with Crippen LogP contribution in [0.1, 0.15) is 13.8 Å². The summed E-state index contributed by atoms with van der Waals surface area (Å²) in [6.45, 7) is 0.997. The third kappa shape index (κ3) is 5.97. The Balaban J connectivity index is 1.86. The molecule has 1 amide bonds. The van der Waals surface area contributed by atoms with E-state index in [4.69, 9.17) is 23.7 Å². The molecule has 3 aliphatic rings. The summed E-state index contributed by atoms with van der Waals surface area (Å²) in [5, 5.41) is 93.8. The number of carbonyl (C=O) groups excluding carboxylic acids is 1. The molecule has 0 aromatic rings. The van der Waals surface area contributed by atoms with Crippen molar-refractivity contribution in [2.45, 2.75) is 106 Å². The van der Waals surface area contributed by atoms with Gasteiger partial charge >= 0.3 is 0 Å². The predicted octanol–water partition coefficient (Wildman–Crippen LogP) is -6.40. The van der Waals surface area contributed by atoms with Crippen LogP contribution in [0.5, 0.6) is 0 Å². The van der Waals surface area contributed by atoms with Crippen LogP contribution in [0.4, 0.5) is 0 Å². The minimum Gasteiger partial charge on any atom is -0.394 e. The lowest BCUT2D eigenvalue weighted by molar-refractivity contribution is -0.382. The molecule has 0 radical (unpaired) electrons. The number of rotatable bonds is 7. The lowest BCUT2D eigenvalue weighted by Crippen LogP contribution is -2.68. The number of hydrogen-bond donors (Lipinski definition) is 10. The first-order chi connectivity index (χ1) is 16.9. The second kappa shape index (κ2) is 12.2. The average molecular weight is 529 g/mol. The fourth-order valence-corrected chi connectivity index (χ4v) is 4.39. The van der Waals surface area contributed by atoms with Crippen LogP contribution in [0.3, 0.4) is 0 Å². The summed E-state index contributed by atoms with van der Waals surface area (Å²) < 4.78 is 27.5. The van der Waals surface area contributed by atoms with Gasteiger partial charge in [0.05, 0.1) is 19.3 Å². The zero-order chi connectivity index (χ0) is 26.9. The van der Waals surface area contributed by atoms with Crippen molar-refractivity contribution >= 4 is 5.91 Å². The Morgan fingerprint density at radius 1 is 0.722 bits per heavy atom. The lowest BCUT2D eigenvalue weighted by atomic mass is 9.95. The van der Waals surface area contributed by atoms with Crippen LogP contribution in [-0.4, -0.2) is 157 Å². The van der Waals surface area contributed by atoms with Gasteiger partial charge in [-0.05, 0) is 6.92 Å². The van der Waals surface area contributed by atoms with Crippen LogP contribution >= 0.6 is 0 Å². The number of aliphatic hydroxyl groups excluding tert-OH is 9. The van der Waals surface area contributed by atoms with Crippen molar-refractivity contribution < 1.29 is 74.4 Å². The van der Waals surface area contributed by atoms with E-state index in [1.807, 2.05) is 0 Å². The fraction of sp³-hybridized carbons (Fsp3) is 0.950.